The summed E-state index contributed by atoms with van der Waals surface area (Å²) in [5, 5.41) is 69.4. The Morgan fingerprint density at radius 2 is 1.75 bits per heavy atom. The Morgan fingerprint density at radius 3 is 2.42 bits per heavy atom. The molecule has 0 spiro atoms. The molecule has 1 atom stereocenters. The summed E-state index contributed by atoms with van der Waals surface area (Å²) in [4.78, 5) is 0.939. The lowest BCUT2D eigenvalue weighted by Crippen LogP contribution is -2.65. The van der Waals surface area contributed by atoms with Gasteiger partial charge in [0, 0.05) is 18.7 Å². The molecule has 10 nitrogen and oxygen atoms in total. The average molecular weight is 345 g/mol. The van der Waals surface area contributed by atoms with Gasteiger partial charge in [-0.1, -0.05) is 0 Å². The van der Waals surface area contributed by atoms with E-state index in [1.54, 1.807) is 0 Å². The number of nitrogens with zero attached hydrogens (tertiary/aromatic N) is 1. The summed E-state index contributed by atoms with van der Waals surface area (Å²) in [5.74, 6) is -6.55. The Labute approximate surface area is 136 Å². The molecule has 2 aliphatic heterocycles. The molecule has 0 aromatic heterocycles. The third-order valence-corrected chi connectivity index (χ3v) is 4.14. The van der Waals surface area contributed by atoms with E-state index in [2.05, 4.69) is 9.47 Å². The van der Waals surface area contributed by atoms with Gasteiger partial charge in [-0.05, 0) is 31.0 Å². The molecule has 1 aromatic carbocycles. The molecule has 1 fully saturated rings. The lowest BCUT2D eigenvalue weighted by atomic mass is 9.98. The third-order valence-electron chi connectivity index (χ3n) is 4.14. The highest BCUT2D eigenvalue weighted by molar-refractivity contribution is 5.46. The molecule has 0 aliphatic carbocycles. The minimum absolute atomic E-state index is 0.0746. The molecule has 10 heteroatoms. The van der Waals surface area contributed by atoms with Crippen LogP contribution >= 0.6 is 0 Å². The maximum atomic E-state index is 10.3. The number of ether oxygens (including phenoxy) is 2. The molecular weight excluding hydrogens is 326 g/mol. The molecule has 0 amide bonds. The van der Waals surface area contributed by atoms with E-state index in [0.29, 0.717) is 12.8 Å². The fourth-order valence-corrected chi connectivity index (χ4v) is 2.85. The van der Waals surface area contributed by atoms with Crippen molar-refractivity contribution in [2.45, 2.75) is 36.8 Å². The van der Waals surface area contributed by atoms with Crippen molar-refractivity contribution in [2.75, 3.05) is 13.1 Å². The first kappa shape index (κ1) is 17.3. The number of hydrogen-bond acceptors (Lipinski definition) is 10. The number of hydrogen-bond donors (Lipinski definition) is 7. The molecule has 1 unspecified atom stereocenters. The van der Waals surface area contributed by atoms with Crippen LogP contribution in [-0.4, -0.2) is 71.9 Å². The standard InChI is InChI=1S/C14H19NO9/c16-9-2-1-5-15(7-9)13(19,20)12(17,18)8-3-4-10-11(6-8)24-14(21,22)23-10/h3-4,6,9,16-22H,1-2,5,7H2. The van der Waals surface area contributed by atoms with E-state index in [1.807, 2.05) is 0 Å². The SMILES string of the molecule is OC1CCCN(C(O)(O)C(O)(O)c2ccc3c(c2)OC(O)(O)O3)C1. The van der Waals surface area contributed by atoms with Crippen LogP contribution in [0.1, 0.15) is 18.4 Å². The van der Waals surface area contributed by atoms with Crippen molar-refractivity contribution < 1.29 is 45.2 Å². The summed E-state index contributed by atoms with van der Waals surface area (Å²) >= 11 is 0. The van der Waals surface area contributed by atoms with Crippen LogP contribution in [0.4, 0.5) is 0 Å². The summed E-state index contributed by atoms with van der Waals surface area (Å²) in [7, 11) is 0. The van der Waals surface area contributed by atoms with Gasteiger partial charge in [-0.2, -0.15) is 0 Å². The van der Waals surface area contributed by atoms with Gasteiger partial charge in [-0.3, -0.25) is 10.2 Å². The average Bonchev–Trinajstić information content (AvgIpc) is 2.79. The highest BCUT2D eigenvalue weighted by Gasteiger charge is 2.54. The van der Waals surface area contributed by atoms with Gasteiger partial charge >= 0.3 is 6.16 Å². The van der Waals surface area contributed by atoms with Gasteiger partial charge in [0.05, 0.1) is 6.10 Å². The van der Waals surface area contributed by atoms with Crippen molar-refractivity contribution in [2.24, 2.45) is 0 Å². The molecule has 7 N–H and O–H groups in total. The Balaban J connectivity index is 1.90. The predicted octanol–water partition coefficient (Wildman–Crippen LogP) is -2.71. The van der Waals surface area contributed by atoms with Crippen LogP contribution in [-0.2, 0) is 5.79 Å². The number of rotatable bonds is 3. The maximum Gasteiger partial charge on any atom is 0.505 e. The van der Waals surface area contributed by atoms with Crippen LogP contribution in [0, 0.1) is 0 Å². The zero-order valence-electron chi connectivity index (χ0n) is 12.5. The fourth-order valence-electron chi connectivity index (χ4n) is 2.85. The van der Waals surface area contributed by atoms with E-state index >= 15 is 0 Å². The normalized spacial score (nSPS) is 24.2. The van der Waals surface area contributed by atoms with Crippen LogP contribution < -0.4 is 9.47 Å². The lowest BCUT2D eigenvalue weighted by Gasteiger charge is -2.45. The second-order valence-electron chi connectivity index (χ2n) is 5.96. The fraction of sp³-hybridized carbons (Fsp3) is 0.571. The highest BCUT2D eigenvalue weighted by atomic mass is 17.0. The predicted molar refractivity (Wildman–Crippen MR) is 75.0 cm³/mol. The molecule has 24 heavy (non-hydrogen) atoms. The van der Waals surface area contributed by atoms with Crippen molar-refractivity contribution in [3.05, 3.63) is 23.8 Å². The number of piperidine rings is 1. The number of aliphatic hydroxyl groups is 7. The number of β-amino-alcohol motifs (C(OH)–C–C–N with tert-alkyl or cyclic N) is 1. The zero-order valence-corrected chi connectivity index (χ0v) is 12.5. The van der Waals surface area contributed by atoms with E-state index in [9.17, 15) is 35.7 Å². The second kappa shape index (κ2) is 5.51. The van der Waals surface area contributed by atoms with Crippen molar-refractivity contribution >= 4 is 0 Å². The molecule has 1 saturated heterocycles. The van der Waals surface area contributed by atoms with Crippen molar-refractivity contribution in [1.82, 2.24) is 4.90 Å². The van der Waals surface area contributed by atoms with Crippen molar-refractivity contribution in [1.29, 1.82) is 0 Å². The molecule has 2 heterocycles. The first-order valence-corrected chi connectivity index (χ1v) is 7.33. The van der Waals surface area contributed by atoms with E-state index in [4.69, 9.17) is 0 Å². The number of fused-ring (bicyclic) bond motifs is 1. The van der Waals surface area contributed by atoms with Crippen LogP contribution in [0.25, 0.3) is 0 Å². The summed E-state index contributed by atoms with van der Waals surface area (Å²) in [6.07, 6.45) is -2.80. The summed E-state index contributed by atoms with van der Waals surface area (Å²) < 4.78 is 9.29. The Hall–Kier alpha value is -1.50. The van der Waals surface area contributed by atoms with Gasteiger partial charge in [0.15, 0.2) is 11.5 Å². The molecule has 134 valence electrons. The van der Waals surface area contributed by atoms with Crippen LogP contribution in [0.3, 0.4) is 0 Å². The van der Waals surface area contributed by atoms with Gasteiger partial charge in [0.1, 0.15) is 0 Å². The van der Waals surface area contributed by atoms with Crippen LogP contribution in [0.5, 0.6) is 11.5 Å². The smallest absolute Gasteiger partial charge is 0.403 e. The van der Waals surface area contributed by atoms with Crippen molar-refractivity contribution in [3.8, 4) is 11.5 Å². The summed E-state index contributed by atoms with van der Waals surface area (Å²) in [6.45, 7) is -0.0231. The third kappa shape index (κ3) is 2.83. The largest absolute Gasteiger partial charge is 0.505 e. The number of aliphatic hydroxyl groups excluding tert-OH is 1. The van der Waals surface area contributed by atoms with E-state index in [1.165, 1.54) is 0 Å². The molecule has 0 radical (unpaired) electrons. The minimum atomic E-state index is -3.15. The van der Waals surface area contributed by atoms with Gasteiger partial charge in [-0.25, -0.2) is 4.90 Å². The first-order valence-electron chi connectivity index (χ1n) is 7.33. The Morgan fingerprint density at radius 1 is 1.08 bits per heavy atom. The van der Waals surface area contributed by atoms with Crippen LogP contribution in [0.2, 0.25) is 0 Å². The maximum absolute atomic E-state index is 10.3. The second-order valence-corrected chi connectivity index (χ2v) is 5.96. The van der Waals surface area contributed by atoms with Gasteiger partial charge in [-0.15, -0.1) is 0 Å². The van der Waals surface area contributed by atoms with E-state index in [-0.39, 0.29) is 30.2 Å². The number of likely N-dealkylation sites (tertiary alicyclic amines) is 1. The number of benzene rings is 1. The van der Waals surface area contributed by atoms with Gasteiger partial charge in [0.2, 0.25) is 0 Å². The summed E-state index contributed by atoms with van der Waals surface area (Å²) in [6, 6.07) is 3.23. The highest BCUT2D eigenvalue weighted by Crippen LogP contribution is 2.42. The quantitative estimate of drug-likeness (QED) is 0.287. The monoisotopic (exact) mass is 345 g/mol. The first-order chi connectivity index (χ1) is 11.0. The van der Waals surface area contributed by atoms with Crippen molar-refractivity contribution in [3.63, 3.8) is 0 Å². The molecule has 2 aliphatic rings. The van der Waals surface area contributed by atoms with Gasteiger partial charge < -0.3 is 35.0 Å². The topological polar surface area (TPSA) is 163 Å². The van der Waals surface area contributed by atoms with Gasteiger partial charge in [0.25, 0.3) is 11.7 Å². The minimum Gasteiger partial charge on any atom is -0.403 e. The van der Waals surface area contributed by atoms with Crippen LogP contribution in [0.15, 0.2) is 18.2 Å². The Kier molecular flexibility index (Phi) is 3.98. The lowest BCUT2D eigenvalue weighted by molar-refractivity contribution is -0.424. The van der Waals surface area contributed by atoms with E-state index in [0.717, 1.165) is 23.1 Å². The molecule has 0 bridgehead atoms. The molecular formula is C14H19NO9. The Bertz CT molecular complexity index is 631. The zero-order chi connectivity index (χ0) is 17.8. The molecule has 0 saturated carbocycles. The van der Waals surface area contributed by atoms with E-state index < -0.39 is 24.0 Å². The molecule has 1 aromatic rings. The summed E-state index contributed by atoms with van der Waals surface area (Å²) in [5.41, 5.74) is -0.382. The molecule has 3 rings (SSSR count).